The minimum atomic E-state index is -0.202. The molecular weight excluding hydrogens is 416 g/mol. The quantitative estimate of drug-likeness (QED) is 0.333. The summed E-state index contributed by atoms with van der Waals surface area (Å²) in [7, 11) is 0. The number of nitrogens with zero attached hydrogens (tertiary/aromatic N) is 4. The lowest BCUT2D eigenvalue weighted by atomic mass is 9.82. The maximum atomic E-state index is 11.1. The second-order valence-corrected chi connectivity index (χ2v) is 9.66. The molecule has 0 aliphatic carbocycles. The van der Waals surface area contributed by atoms with Gasteiger partial charge in [0.15, 0.2) is 5.69 Å². The number of halogens is 1. The van der Waals surface area contributed by atoms with Gasteiger partial charge in [0.25, 0.3) is 0 Å². The number of aromatic nitrogens is 2. The van der Waals surface area contributed by atoms with Crippen LogP contribution in [0.1, 0.15) is 38.7 Å². The number of hydrogen-bond acceptors (Lipinski definition) is 5. The third-order valence-electron chi connectivity index (χ3n) is 5.78. The molecule has 0 saturated heterocycles. The molecule has 4 aromatic rings. The van der Waals surface area contributed by atoms with E-state index < -0.39 is 0 Å². The van der Waals surface area contributed by atoms with Crippen molar-refractivity contribution in [2.24, 2.45) is 10.2 Å². The first-order valence-corrected chi connectivity index (χ1v) is 11.1. The topological polar surface area (TPSA) is 62.8 Å². The van der Waals surface area contributed by atoms with Crippen molar-refractivity contribution in [1.82, 2.24) is 9.55 Å². The van der Waals surface area contributed by atoms with Gasteiger partial charge in [-0.1, -0.05) is 48.9 Å². The Kier molecular flexibility index (Phi) is 4.45. The molecule has 1 aliphatic rings. The van der Waals surface area contributed by atoms with Crippen LogP contribution < -0.4 is 0 Å². The van der Waals surface area contributed by atoms with E-state index in [1.807, 2.05) is 46.3 Å². The zero-order chi connectivity index (χ0) is 21.0. The Balaban J connectivity index is 1.57. The van der Waals surface area contributed by atoms with Gasteiger partial charge in [0.1, 0.15) is 0 Å². The van der Waals surface area contributed by atoms with Crippen molar-refractivity contribution < 1.29 is 5.11 Å². The monoisotopic (exact) mass is 436 g/mol. The van der Waals surface area contributed by atoms with Crippen LogP contribution >= 0.6 is 22.9 Å². The molecule has 2 aromatic heterocycles. The minimum Gasteiger partial charge on any atom is -0.493 e. The predicted octanol–water partition coefficient (Wildman–Crippen LogP) is 7.78. The number of benzene rings is 2. The minimum absolute atomic E-state index is 0.160. The smallest absolute Gasteiger partial charge is 0.230 e. The van der Waals surface area contributed by atoms with E-state index in [9.17, 15) is 5.11 Å². The van der Waals surface area contributed by atoms with Crippen LogP contribution in [0.4, 0.5) is 10.8 Å². The van der Waals surface area contributed by atoms with Crippen LogP contribution in [-0.2, 0) is 5.54 Å². The Morgan fingerprint density at radius 1 is 1.17 bits per heavy atom. The SMILES string of the molecule is CC1CC(C)(C)n2c(O)c(N=Nc3nc(-c4ccc(Cl)cc4)cs3)c3cccc1c32. The van der Waals surface area contributed by atoms with E-state index in [-0.39, 0.29) is 11.4 Å². The maximum Gasteiger partial charge on any atom is 0.230 e. The second-order valence-electron chi connectivity index (χ2n) is 8.39. The fourth-order valence-corrected chi connectivity index (χ4v) is 5.30. The van der Waals surface area contributed by atoms with Gasteiger partial charge in [-0.25, -0.2) is 4.98 Å². The number of azo groups is 1. The molecule has 1 N–H and O–H groups in total. The highest BCUT2D eigenvalue weighted by molar-refractivity contribution is 7.13. The van der Waals surface area contributed by atoms with E-state index in [1.54, 1.807) is 0 Å². The Labute approximate surface area is 183 Å². The summed E-state index contributed by atoms with van der Waals surface area (Å²) in [6.45, 7) is 6.54. The average molecular weight is 437 g/mol. The molecule has 3 heterocycles. The molecule has 30 heavy (non-hydrogen) atoms. The molecule has 152 valence electrons. The predicted molar refractivity (Wildman–Crippen MR) is 123 cm³/mol. The lowest BCUT2D eigenvalue weighted by molar-refractivity contribution is 0.267. The van der Waals surface area contributed by atoms with Crippen LogP contribution in [0.2, 0.25) is 5.02 Å². The zero-order valence-corrected chi connectivity index (χ0v) is 18.5. The third kappa shape index (κ3) is 3.02. The van der Waals surface area contributed by atoms with Crippen molar-refractivity contribution in [3.05, 3.63) is 58.4 Å². The number of aromatic hydroxyl groups is 1. The largest absolute Gasteiger partial charge is 0.493 e. The van der Waals surface area contributed by atoms with Crippen LogP contribution in [0.3, 0.4) is 0 Å². The molecular formula is C23H21ClN4OS. The summed E-state index contributed by atoms with van der Waals surface area (Å²) in [5.41, 5.74) is 4.39. The summed E-state index contributed by atoms with van der Waals surface area (Å²) in [4.78, 5) is 4.56. The molecule has 0 radical (unpaired) electrons. The fraction of sp³-hybridized carbons (Fsp3) is 0.261. The summed E-state index contributed by atoms with van der Waals surface area (Å²) in [6, 6.07) is 13.7. The number of rotatable bonds is 3. The van der Waals surface area contributed by atoms with E-state index in [0.29, 0.717) is 21.8 Å². The van der Waals surface area contributed by atoms with E-state index in [4.69, 9.17) is 11.6 Å². The molecule has 0 fully saturated rings. The average Bonchev–Trinajstić information content (AvgIpc) is 3.28. The van der Waals surface area contributed by atoms with E-state index >= 15 is 0 Å². The third-order valence-corrected chi connectivity index (χ3v) is 6.76. The second kappa shape index (κ2) is 6.93. The van der Waals surface area contributed by atoms with Crippen molar-refractivity contribution in [2.75, 3.05) is 0 Å². The van der Waals surface area contributed by atoms with Gasteiger partial charge in [-0.3, -0.25) is 0 Å². The van der Waals surface area contributed by atoms with Crippen LogP contribution in [0.15, 0.2) is 58.1 Å². The Bertz CT molecular complexity index is 1290. The van der Waals surface area contributed by atoms with E-state index in [1.165, 1.54) is 16.9 Å². The summed E-state index contributed by atoms with van der Waals surface area (Å²) in [5, 5.41) is 23.9. The highest BCUT2D eigenvalue weighted by atomic mass is 35.5. The maximum absolute atomic E-state index is 11.1. The summed E-state index contributed by atoms with van der Waals surface area (Å²) in [6.07, 6.45) is 0.953. The van der Waals surface area contributed by atoms with Crippen molar-refractivity contribution in [2.45, 2.75) is 38.6 Å². The molecule has 7 heteroatoms. The molecule has 0 amide bonds. The van der Waals surface area contributed by atoms with E-state index in [0.717, 1.165) is 28.6 Å². The van der Waals surface area contributed by atoms with Gasteiger partial charge in [-0.2, -0.15) is 0 Å². The molecule has 5 rings (SSSR count). The van der Waals surface area contributed by atoms with Gasteiger partial charge >= 0.3 is 0 Å². The van der Waals surface area contributed by atoms with Gasteiger partial charge in [-0.15, -0.1) is 21.6 Å². The first-order chi connectivity index (χ1) is 14.3. The highest BCUT2D eigenvalue weighted by Crippen LogP contribution is 2.50. The molecule has 1 aliphatic heterocycles. The van der Waals surface area contributed by atoms with Gasteiger partial charge in [-0.05, 0) is 43.9 Å². The fourth-order valence-electron chi connectivity index (χ4n) is 4.53. The van der Waals surface area contributed by atoms with Crippen molar-refractivity contribution in [3.63, 3.8) is 0 Å². The molecule has 0 saturated carbocycles. The van der Waals surface area contributed by atoms with Crippen LogP contribution in [0.25, 0.3) is 22.2 Å². The van der Waals surface area contributed by atoms with Crippen LogP contribution in [0, 0.1) is 0 Å². The van der Waals surface area contributed by atoms with Crippen LogP contribution in [0.5, 0.6) is 5.88 Å². The molecule has 0 spiro atoms. The van der Waals surface area contributed by atoms with Crippen LogP contribution in [-0.4, -0.2) is 14.7 Å². The highest BCUT2D eigenvalue weighted by Gasteiger charge is 2.36. The Morgan fingerprint density at radius 3 is 2.70 bits per heavy atom. The van der Waals surface area contributed by atoms with Crippen molar-refractivity contribution >= 4 is 44.7 Å². The van der Waals surface area contributed by atoms with Gasteiger partial charge in [0.05, 0.1) is 11.2 Å². The van der Waals surface area contributed by atoms with Gasteiger partial charge in [0.2, 0.25) is 11.0 Å². The zero-order valence-electron chi connectivity index (χ0n) is 16.9. The van der Waals surface area contributed by atoms with Gasteiger partial charge < -0.3 is 9.67 Å². The molecule has 2 aromatic carbocycles. The molecule has 1 unspecified atom stereocenters. The van der Waals surface area contributed by atoms with Crippen molar-refractivity contribution in [3.8, 4) is 17.1 Å². The standard InChI is InChI=1S/C23H21ClN4OS/c1-13-11-23(2,3)28-20-16(13)5-4-6-17(20)19(21(28)29)26-27-22-25-18(12-30-22)14-7-9-15(24)10-8-14/h4-10,12-13,29H,11H2,1-3H3. The number of hydrogen-bond donors (Lipinski definition) is 1. The first kappa shape index (κ1) is 19.3. The van der Waals surface area contributed by atoms with E-state index in [2.05, 4.69) is 42.1 Å². The molecule has 0 bridgehead atoms. The normalized spacial score (nSPS) is 17.8. The van der Waals surface area contributed by atoms with Crippen molar-refractivity contribution in [1.29, 1.82) is 0 Å². The lowest BCUT2D eigenvalue weighted by Crippen LogP contribution is -2.31. The Morgan fingerprint density at radius 2 is 1.93 bits per heavy atom. The first-order valence-electron chi connectivity index (χ1n) is 9.85. The summed E-state index contributed by atoms with van der Waals surface area (Å²) < 4.78 is 2.01. The lowest BCUT2D eigenvalue weighted by Gasteiger charge is -2.36. The number of thiazole rings is 1. The summed E-state index contributed by atoms with van der Waals surface area (Å²) in [5.74, 6) is 0.573. The Hall–Kier alpha value is -2.70. The molecule has 5 nitrogen and oxygen atoms in total. The summed E-state index contributed by atoms with van der Waals surface area (Å²) >= 11 is 7.38. The van der Waals surface area contributed by atoms with Gasteiger partial charge in [0, 0.05) is 26.9 Å². The number of para-hydroxylation sites is 1. The molecule has 1 atom stereocenters.